The summed E-state index contributed by atoms with van der Waals surface area (Å²) in [6.07, 6.45) is 5.87. The van der Waals surface area contributed by atoms with E-state index in [1.54, 1.807) is 19.4 Å². The molecule has 0 radical (unpaired) electrons. The maximum Gasteiger partial charge on any atom is 0.340 e. The number of carbonyl (C=O) groups is 1. The number of hydrogen-bond donors (Lipinski definition) is 3. The van der Waals surface area contributed by atoms with Crippen LogP contribution in [0.15, 0.2) is 40.1 Å². The van der Waals surface area contributed by atoms with Gasteiger partial charge in [0.15, 0.2) is 11.3 Å². The quantitative estimate of drug-likeness (QED) is 0.349. The molecule has 0 saturated heterocycles. The van der Waals surface area contributed by atoms with Crippen LogP contribution in [-0.2, 0) is 17.8 Å². The van der Waals surface area contributed by atoms with E-state index in [1.807, 2.05) is 10.8 Å². The molecule has 1 amide bonds. The summed E-state index contributed by atoms with van der Waals surface area (Å²) in [4.78, 5) is 28.3. The normalized spacial score (nSPS) is 11.0. The molecule has 136 valence electrons. The summed E-state index contributed by atoms with van der Waals surface area (Å²) >= 11 is 0. The van der Waals surface area contributed by atoms with E-state index >= 15 is 0 Å². The number of aromatic hydroxyl groups is 2. The third kappa shape index (κ3) is 3.53. The van der Waals surface area contributed by atoms with E-state index in [-0.39, 0.29) is 29.2 Å². The first kappa shape index (κ1) is 17.5. The summed E-state index contributed by atoms with van der Waals surface area (Å²) in [5.74, 6) is -1.14. The van der Waals surface area contributed by atoms with Crippen molar-refractivity contribution in [3.63, 3.8) is 0 Å². The average Bonchev–Trinajstić information content (AvgIpc) is 3.13. The molecule has 2 heterocycles. The fourth-order valence-corrected chi connectivity index (χ4v) is 2.77. The smallest absolute Gasteiger partial charge is 0.340 e. The highest BCUT2D eigenvalue weighted by atomic mass is 16.4. The van der Waals surface area contributed by atoms with Crippen LogP contribution in [0.4, 0.5) is 0 Å². The molecule has 0 aliphatic carbocycles. The highest BCUT2D eigenvalue weighted by molar-refractivity contribution is 5.89. The number of benzene rings is 1. The van der Waals surface area contributed by atoms with Crippen LogP contribution in [0.5, 0.6) is 11.5 Å². The molecule has 3 aromatic rings. The molecule has 2 aromatic heterocycles. The van der Waals surface area contributed by atoms with Gasteiger partial charge in [-0.2, -0.15) is 0 Å². The van der Waals surface area contributed by atoms with E-state index in [1.165, 1.54) is 12.1 Å². The van der Waals surface area contributed by atoms with Gasteiger partial charge in [-0.1, -0.05) is 0 Å². The number of nitrogens with zero attached hydrogens (tertiary/aromatic N) is 2. The molecular weight excluding hydrogens is 338 g/mol. The Bertz CT molecular complexity index is 992. The SMILES string of the molecule is Cc1c(CC(=O)NCCCn2ccnc2)c(=O)oc2c(O)c(O)ccc12. The molecule has 3 rings (SSSR count). The minimum Gasteiger partial charge on any atom is -0.504 e. The number of phenols is 2. The van der Waals surface area contributed by atoms with E-state index in [4.69, 9.17) is 4.42 Å². The van der Waals surface area contributed by atoms with Gasteiger partial charge in [-0.3, -0.25) is 4.79 Å². The van der Waals surface area contributed by atoms with Crippen LogP contribution in [0.3, 0.4) is 0 Å². The Morgan fingerprint density at radius 3 is 2.88 bits per heavy atom. The maximum atomic E-state index is 12.2. The van der Waals surface area contributed by atoms with E-state index in [2.05, 4.69) is 10.3 Å². The first-order chi connectivity index (χ1) is 12.5. The molecule has 1 aromatic carbocycles. The maximum absolute atomic E-state index is 12.2. The van der Waals surface area contributed by atoms with Gasteiger partial charge in [0.05, 0.1) is 18.3 Å². The molecule has 0 fully saturated rings. The number of aryl methyl sites for hydroxylation is 2. The second-order valence-electron chi connectivity index (χ2n) is 5.98. The van der Waals surface area contributed by atoms with Gasteiger partial charge in [0.25, 0.3) is 0 Å². The number of amides is 1. The lowest BCUT2D eigenvalue weighted by atomic mass is 10.0. The first-order valence-electron chi connectivity index (χ1n) is 8.17. The standard InChI is InChI=1S/C18H19N3O5/c1-11-12-3-4-14(22)16(24)17(12)26-18(25)13(11)9-15(23)20-5-2-7-21-8-6-19-10-21/h3-4,6,8,10,22,24H,2,5,7,9H2,1H3,(H,20,23). The van der Waals surface area contributed by atoms with Gasteiger partial charge in [-0.15, -0.1) is 0 Å². The summed E-state index contributed by atoms with van der Waals surface area (Å²) in [7, 11) is 0. The van der Waals surface area contributed by atoms with Crippen LogP contribution < -0.4 is 10.9 Å². The first-order valence-corrected chi connectivity index (χ1v) is 8.17. The Hall–Kier alpha value is -3.29. The third-order valence-electron chi connectivity index (χ3n) is 4.22. The third-order valence-corrected chi connectivity index (χ3v) is 4.22. The van der Waals surface area contributed by atoms with Gasteiger partial charge in [0.2, 0.25) is 11.7 Å². The van der Waals surface area contributed by atoms with Crippen molar-refractivity contribution in [2.45, 2.75) is 26.3 Å². The minimum absolute atomic E-state index is 0.0861. The summed E-state index contributed by atoms with van der Waals surface area (Å²) < 4.78 is 7.02. The number of imidazole rings is 1. The average molecular weight is 357 g/mol. The Balaban J connectivity index is 1.69. The van der Waals surface area contributed by atoms with E-state index < -0.39 is 11.4 Å². The Labute approximate surface area is 148 Å². The zero-order valence-corrected chi connectivity index (χ0v) is 14.2. The molecule has 0 atom stereocenters. The van der Waals surface area contributed by atoms with Crippen molar-refractivity contribution in [2.24, 2.45) is 0 Å². The van der Waals surface area contributed by atoms with Crippen LogP contribution >= 0.6 is 0 Å². The molecular formula is C18H19N3O5. The van der Waals surface area contributed by atoms with Crippen LogP contribution in [-0.4, -0.2) is 32.2 Å². The van der Waals surface area contributed by atoms with Gasteiger partial charge < -0.3 is 24.5 Å². The monoisotopic (exact) mass is 357 g/mol. The van der Waals surface area contributed by atoms with Crippen molar-refractivity contribution in [1.29, 1.82) is 0 Å². The molecule has 26 heavy (non-hydrogen) atoms. The predicted molar refractivity (Wildman–Crippen MR) is 94.1 cm³/mol. The lowest BCUT2D eigenvalue weighted by Crippen LogP contribution is -2.29. The summed E-state index contributed by atoms with van der Waals surface area (Å²) in [5.41, 5.74) is -0.0173. The van der Waals surface area contributed by atoms with E-state index in [0.717, 1.165) is 13.0 Å². The topological polar surface area (TPSA) is 118 Å². The van der Waals surface area contributed by atoms with Gasteiger partial charge >= 0.3 is 5.63 Å². The van der Waals surface area contributed by atoms with Crippen molar-refractivity contribution < 1.29 is 19.4 Å². The van der Waals surface area contributed by atoms with E-state index in [9.17, 15) is 19.8 Å². The van der Waals surface area contributed by atoms with Gasteiger partial charge in [0.1, 0.15) is 0 Å². The van der Waals surface area contributed by atoms with Crippen LogP contribution in [0.25, 0.3) is 11.0 Å². The van der Waals surface area contributed by atoms with Gasteiger partial charge in [-0.25, -0.2) is 9.78 Å². The zero-order chi connectivity index (χ0) is 18.7. The number of aromatic nitrogens is 2. The van der Waals surface area contributed by atoms with Crippen molar-refractivity contribution in [1.82, 2.24) is 14.9 Å². The largest absolute Gasteiger partial charge is 0.504 e. The minimum atomic E-state index is -0.704. The molecule has 0 bridgehead atoms. The van der Waals surface area contributed by atoms with Gasteiger partial charge in [0, 0.05) is 30.9 Å². The van der Waals surface area contributed by atoms with Crippen molar-refractivity contribution in [3.8, 4) is 11.5 Å². The van der Waals surface area contributed by atoms with Crippen LogP contribution in [0.1, 0.15) is 17.5 Å². The molecule has 0 aliphatic heterocycles. The fourth-order valence-electron chi connectivity index (χ4n) is 2.77. The lowest BCUT2D eigenvalue weighted by molar-refractivity contribution is -0.120. The van der Waals surface area contributed by atoms with Gasteiger partial charge in [-0.05, 0) is 31.0 Å². The number of rotatable bonds is 6. The molecule has 8 nitrogen and oxygen atoms in total. The lowest BCUT2D eigenvalue weighted by Gasteiger charge is -2.10. The number of nitrogens with one attached hydrogen (secondary N) is 1. The zero-order valence-electron chi connectivity index (χ0n) is 14.2. The highest BCUT2D eigenvalue weighted by Crippen LogP contribution is 2.34. The highest BCUT2D eigenvalue weighted by Gasteiger charge is 2.18. The second-order valence-corrected chi connectivity index (χ2v) is 5.98. The molecule has 0 spiro atoms. The van der Waals surface area contributed by atoms with Crippen molar-refractivity contribution >= 4 is 16.9 Å². The Kier molecular flexibility index (Phi) is 4.92. The summed E-state index contributed by atoms with van der Waals surface area (Å²) in [5, 5.41) is 22.6. The predicted octanol–water partition coefficient (Wildman–Crippen LogP) is 1.46. The van der Waals surface area contributed by atoms with Crippen molar-refractivity contribution in [2.75, 3.05) is 6.54 Å². The summed E-state index contributed by atoms with van der Waals surface area (Å²) in [6.45, 7) is 2.89. The molecule has 0 saturated carbocycles. The molecule has 0 unspecified atom stereocenters. The Morgan fingerprint density at radius 2 is 2.15 bits per heavy atom. The Morgan fingerprint density at radius 1 is 1.35 bits per heavy atom. The number of hydrogen-bond acceptors (Lipinski definition) is 6. The summed E-state index contributed by atoms with van der Waals surface area (Å²) in [6, 6.07) is 2.85. The molecule has 0 aliphatic rings. The number of fused-ring (bicyclic) bond motifs is 1. The number of carbonyl (C=O) groups excluding carboxylic acids is 1. The molecule has 3 N–H and O–H groups in total. The van der Waals surface area contributed by atoms with E-state index in [0.29, 0.717) is 17.5 Å². The second kappa shape index (κ2) is 7.30. The van der Waals surface area contributed by atoms with Crippen LogP contribution in [0.2, 0.25) is 0 Å². The number of phenolic OH excluding ortho intramolecular Hbond substituents is 2. The molecule has 8 heteroatoms. The fraction of sp³-hybridized carbons (Fsp3) is 0.278. The van der Waals surface area contributed by atoms with Crippen molar-refractivity contribution in [3.05, 3.63) is 52.4 Å². The van der Waals surface area contributed by atoms with Crippen LogP contribution in [0, 0.1) is 6.92 Å².